The van der Waals surface area contributed by atoms with E-state index in [1.807, 2.05) is 20.8 Å². The second-order valence-electron chi connectivity index (χ2n) is 7.29. The Bertz CT molecular complexity index is 325. The lowest BCUT2D eigenvalue weighted by molar-refractivity contribution is -0.126. The summed E-state index contributed by atoms with van der Waals surface area (Å²) in [6, 6.07) is 0. The number of Topliss-reactive ketones (excluding diaryl/α,β-unsaturated/α-hetero) is 1. The van der Waals surface area contributed by atoms with Gasteiger partial charge < -0.3 is 14.8 Å². The summed E-state index contributed by atoms with van der Waals surface area (Å²) in [5, 5.41) is 3.33. The quantitative estimate of drug-likeness (QED) is 0.644. The van der Waals surface area contributed by atoms with Crippen molar-refractivity contribution in [2.24, 2.45) is 11.8 Å². The molecule has 2 aliphatic rings. The number of nitrogens with zero attached hydrogens (tertiary/aromatic N) is 1. The molecule has 0 aromatic rings. The van der Waals surface area contributed by atoms with Crippen LogP contribution >= 0.6 is 0 Å². The minimum Gasteiger partial charge on any atom is -0.379 e. The monoisotopic (exact) mass is 356 g/mol. The van der Waals surface area contributed by atoms with Crippen LogP contribution in [-0.2, 0) is 14.3 Å². The van der Waals surface area contributed by atoms with Crippen molar-refractivity contribution in [3.8, 4) is 0 Å². The van der Waals surface area contributed by atoms with Gasteiger partial charge >= 0.3 is 0 Å². The molecule has 2 fully saturated rings. The van der Waals surface area contributed by atoms with Crippen molar-refractivity contribution in [1.82, 2.24) is 10.2 Å². The first-order valence-corrected chi connectivity index (χ1v) is 10.3. The third-order valence-corrected chi connectivity index (χ3v) is 4.91. The molecule has 0 amide bonds. The highest BCUT2D eigenvalue weighted by Gasteiger charge is 2.22. The smallest absolute Gasteiger partial charge is 0.138 e. The van der Waals surface area contributed by atoms with Crippen LogP contribution in [0.4, 0.5) is 0 Å². The van der Waals surface area contributed by atoms with Gasteiger partial charge in [-0.15, -0.1) is 0 Å². The maximum atomic E-state index is 11.5. The number of rotatable bonds is 9. The second kappa shape index (κ2) is 14.7. The predicted molar refractivity (Wildman–Crippen MR) is 103 cm³/mol. The summed E-state index contributed by atoms with van der Waals surface area (Å²) >= 11 is 0. The van der Waals surface area contributed by atoms with Gasteiger partial charge in [-0.1, -0.05) is 33.1 Å². The van der Waals surface area contributed by atoms with Crippen LogP contribution < -0.4 is 5.32 Å². The van der Waals surface area contributed by atoms with Gasteiger partial charge in [0.25, 0.3) is 0 Å². The second-order valence-corrected chi connectivity index (χ2v) is 7.29. The van der Waals surface area contributed by atoms with Gasteiger partial charge in [-0.2, -0.15) is 0 Å². The van der Waals surface area contributed by atoms with E-state index in [-0.39, 0.29) is 5.92 Å². The Labute approximate surface area is 154 Å². The van der Waals surface area contributed by atoms with E-state index in [2.05, 4.69) is 10.2 Å². The van der Waals surface area contributed by atoms with E-state index in [1.165, 1.54) is 19.3 Å². The van der Waals surface area contributed by atoms with Gasteiger partial charge in [0, 0.05) is 51.2 Å². The summed E-state index contributed by atoms with van der Waals surface area (Å²) in [5.41, 5.74) is 0. The van der Waals surface area contributed by atoms with Crippen molar-refractivity contribution in [2.75, 3.05) is 59.2 Å². The molecule has 0 spiro atoms. The Morgan fingerprint density at radius 3 is 2.28 bits per heavy atom. The zero-order chi connectivity index (χ0) is 18.3. The molecule has 5 heteroatoms. The van der Waals surface area contributed by atoms with Crippen molar-refractivity contribution in [2.45, 2.75) is 52.9 Å². The highest BCUT2D eigenvalue weighted by molar-refractivity contribution is 5.82. The average molecular weight is 357 g/mol. The number of nitrogens with one attached hydrogen (secondary N) is 1. The lowest BCUT2D eigenvalue weighted by atomic mass is 9.83. The van der Waals surface area contributed by atoms with Gasteiger partial charge in [-0.3, -0.25) is 9.69 Å². The van der Waals surface area contributed by atoms with E-state index in [0.717, 1.165) is 72.0 Å². The van der Waals surface area contributed by atoms with Crippen LogP contribution in [0.15, 0.2) is 0 Å². The molecule has 1 saturated carbocycles. The van der Waals surface area contributed by atoms with Gasteiger partial charge in [0.15, 0.2) is 0 Å². The van der Waals surface area contributed by atoms with E-state index in [4.69, 9.17) is 9.47 Å². The average Bonchev–Trinajstić information content (AvgIpc) is 2.66. The molecule has 0 unspecified atom stereocenters. The van der Waals surface area contributed by atoms with Gasteiger partial charge in [0.2, 0.25) is 0 Å². The molecule has 148 valence electrons. The van der Waals surface area contributed by atoms with Crippen LogP contribution in [0.1, 0.15) is 52.9 Å². The lowest BCUT2D eigenvalue weighted by Gasteiger charge is -2.26. The van der Waals surface area contributed by atoms with Crippen LogP contribution in [0.5, 0.6) is 0 Å². The van der Waals surface area contributed by atoms with Crippen LogP contribution in [0.2, 0.25) is 0 Å². The van der Waals surface area contributed by atoms with Crippen molar-refractivity contribution in [3.63, 3.8) is 0 Å². The number of carbonyl (C=O) groups is 1. The summed E-state index contributed by atoms with van der Waals surface area (Å²) in [6.07, 6.45) is 6.17. The number of hydrogen-bond acceptors (Lipinski definition) is 5. The minimum atomic E-state index is 0.248. The molecule has 1 saturated heterocycles. The Balaban J connectivity index is 0.000000257. The number of hydrogen-bond donors (Lipinski definition) is 1. The van der Waals surface area contributed by atoms with E-state index in [1.54, 1.807) is 0 Å². The largest absolute Gasteiger partial charge is 0.379 e. The molecule has 1 aliphatic carbocycles. The first-order chi connectivity index (χ1) is 12.1. The fourth-order valence-electron chi connectivity index (χ4n) is 3.35. The van der Waals surface area contributed by atoms with Gasteiger partial charge in [0.05, 0.1) is 19.8 Å². The van der Waals surface area contributed by atoms with Crippen molar-refractivity contribution < 1.29 is 14.3 Å². The van der Waals surface area contributed by atoms with Crippen LogP contribution in [0, 0.1) is 11.8 Å². The van der Waals surface area contributed by atoms with Crippen molar-refractivity contribution in [1.29, 1.82) is 0 Å². The molecule has 2 rings (SSSR count). The molecule has 1 heterocycles. The lowest BCUT2D eigenvalue weighted by Crippen LogP contribution is -2.44. The van der Waals surface area contributed by atoms with E-state index in [0.29, 0.717) is 11.7 Å². The zero-order valence-corrected chi connectivity index (χ0v) is 16.7. The molecule has 1 aliphatic heterocycles. The number of ether oxygens (including phenoxy) is 2. The first-order valence-electron chi connectivity index (χ1n) is 10.3. The van der Waals surface area contributed by atoms with Crippen molar-refractivity contribution in [3.05, 3.63) is 0 Å². The molecular formula is C20H40N2O3. The van der Waals surface area contributed by atoms with Gasteiger partial charge in [-0.05, 0) is 19.8 Å². The van der Waals surface area contributed by atoms with Gasteiger partial charge in [-0.25, -0.2) is 0 Å². The SMILES string of the molecule is CC(C)C(=O)C1CCCCC1.CCOCCOCCN1CCNCC1. The molecule has 0 bridgehead atoms. The first kappa shape index (κ1) is 22.6. The Morgan fingerprint density at radius 1 is 1.04 bits per heavy atom. The normalized spacial score (nSPS) is 19.5. The van der Waals surface area contributed by atoms with Gasteiger partial charge in [0.1, 0.15) is 5.78 Å². The molecule has 25 heavy (non-hydrogen) atoms. The molecule has 0 aromatic heterocycles. The maximum absolute atomic E-state index is 11.5. The summed E-state index contributed by atoms with van der Waals surface area (Å²) in [6.45, 7) is 14.6. The molecule has 0 atom stereocenters. The third-order valence-electron chi connectivity index (χ3n) is 4.91. The fraction of sp³-hybridized carbons (Fsp3) is 0.950. The number of carbonyl (C=O) groups excluding carboxylic acids is 1. The number of piperazine rings is 1. The molecule has 0 aromatic carbocycles. The molecule has 1 N–H and O–H groups in total. The maximum Gasteiger partial charge on any atom is 0.138 e. The molecule has 0 radical (unpaired) electrons. The van der Waals surface area contributed by atoms with E-state index < -0.39 is 0 Å². The summed E-state index contributed by atoms with van der Waals surface area (Å²) in [7, 11) is 0. The number of ketones is 1. The summed E-state index contributed by atoms with van der Waals surface area (Å²) in [5.74, 6) is 1.14. The Hall–Kier alpha value is -0.490. The Kier molecular flexibility index (Phi) is 13.2. The van der Waals surface area contributed by atoms with Crippen LogP contribution in [0.3, 0.4) is 0 Å². The summed E-state index contributed by atoms with van der Waals surface area (Å²) < 4.78 is 10.6. The third kappa shape index (κ3) is 11.0. The van der Waals surface area contributed by atoms with Crippen LogP contribution in [-0.4, -0.2) is 69.8 Å². The van der Waals surface area contributed by atoms with Crippen LogP contribution in [0.25, 0.3) is 0 Å². The minimum absolute atomic E-state index is 0.248. The van der Waals surface area contributed by atoms with E-state index >= 15 is 0 Å². The standard InChI is InChI=1S/C10H22N2O2.C10H18O/c1-2-13-9-10-14-8-7-12-5-3-11-4-6-12;1-8(2)10(11)9-6-4-3-5-7-9/h11H,2-10H2,1H3;8-9H,3-7H2,1-2H3. The Morgan fingerprint density at radius 2 is 1.68 bits per heavy atom. The fourth-order valence-corrected chi connectivity index (χ4v) is 3.35. The highest BCUT2D eigenvalue weighted by Crippen LogP contribution is 2.26. The zero-order valence-electron chi connectivity index (χ0n) is 16.7. The highest BCUT2D eigenvalue weighted by atomic mass is 16.5. The van der Waals surface area contributed by atoms with Crippen molar-refractivity contribution >= 4 is 5.78 Å². The molecular weight excluding hydrogens is 316 g/mol. The van der Waals surface area contributed by atoms with E-state index in [9.17, 15) is 4.79 Å². The molecule has 5 nitrogen and oxygen atoms in total. The topological polar surface area (TPSA) is 50.8 Å². The predicted octanol–water partition coefficient (Wildman–Crippen LogP) is 2.74. The summed E-state index contributed by atoms with van der Waals surface area (Å²) in [4.78, 5) is 13.9.